The predicted octanol–water partition coefficient (Wildman–Crippen LogP) is 3.33. The van der Waals surface area contributed by atoms with Crippen molar-refractivity contribution in [3.63, 3.8) is 0 Å². The first-order valence-corrected chi connectivity index (χ1v) is 11.6. The number of nitrogens with zero attached hydrogens (tertiary/aromatic N) is 2. The molecule has 3 aromatic rings. The number of pyridine rings is 1. The molecule has 2 bridgehead atoms. The van der Waals surface area contributed by atoms with Gasteiger partial charge in [0.2, 0.25) is 0 Å². The minimum atomic E-state index is -0.309. The van der Waals surface area contributed by atoms with E-state index in [-0.39, 0.29) is 34.9 Å². The van der Waals surface area contributed by atoms with Gasteiger partial charge in [-0.3, -0.25) is 14.4 Å². The van der Waals surface area contributed by atoms with Crippen molar-refractivity contribution < 1.29 is 9.59 Å². The third-order valence-electron chi connectivity index (χ3n) is 6.11. The summed E-state index contributed by atoms with van der Waals surface area (Å²) in [5, 5.41) is 4.78. The second kappa shape index (κ2) is 8.59. The molecule has 5 rings (SSSR count). The smallest absolute Gasteiger partial charge is 0.270 e. The number of thiophene rings is 1. The van der Waals surface area contributed by atoms with Gasteiger partial charge < -0.3 is 14.8 Å². The number of piperidine rings is 1. The number of likely N-dealkylation sites (tertiary alicyclic amines) is 1. The number of rotatable bonds is 4. The summed E-state index contributed by atoms with van der Waals surface area (Å²) in [7, 11) is 0. The summed E-state index contributed by atoms with van der Waals surface area (Å²) < 4.78 is 1.85. The molecule has 7 heteroatoms. The third-order valence-corrected chi connectivity index (χ3v) is 6.93. The summed E-state index contributed by atoms with van der Waals surface area (Å²) in [5.41, 5.74) is 1.78. The summed E-state index contributed by atoms with van der Waals surface area (Å²) in [6, 6.07) is 18.1. The first-order valence-electron chi connectivity index (χ1n) is 10.7. The largest absolute Gasteiger partial charge is 0.336 e. The highest BCUT2D eigenvalue weighted by molar-refractivity contribution is 7.10. The lowest BCUT2D eigenvalue weighted by Crippen LogP contribution is -2.50. The topological polar surface area (TPSA) is 71.4 Å². The highest BCUT2D eigenvalue weighted by Gasteiger charge is 2.37. The molecule has 4 heterocycles. The van der Waals surface area contributed by atoms with Crippen molar-refractivity contribution in [1.82, 2.24) is 14.8 Å². The van der Waals surface area contributed by atoms with Crippen LogP contribution in [0, 0.1) is 5.92 Å². The van der Waals surface area contributed by atoms with Gasteiger partial charge in [-0.15, -0.1) is 11.3 Å². The van der Waals surface area contributed by atoms with Crippen molar-refractivity contribution in [2.75, 3.05) is 13.1 Å². The van der Waals surface area contributed by atoms with E-state index in [0.717, 1.165) is 17.0 Å². The van der Waals surface area contributed by atoms with E-state index < -0.39 is 0 Å². The number of aromatic nitrogens is 1. The molecule has 162 valence electrons. The minimum absolute atomic E-state index is 0.0189. The molecule has 2 aliphatic heterocycles. The fourth-order valence-corrected chi connectivity index (χ4v) is 5.34. The van der Waals surface area contributed by atoms with Gasteiger partial charge in [-0.1, -0.05) is 30.3 Å². The standard InChI is InChI=1S/C25H23N3O3S/c29-23-10-4-9-22-19-12-17(15-28(22)23)14-27(16-19)25(31)21(13-20-8-5-11-32-20)26-24(30)18-6-2-1-3-7-18/h1-11,13,17,19H,12,14-16H2,(H,26,30)/b21-13+/t17-,19+/m1/s1. The molecule has 0 saturated carbocycles. The molecule has 0 radical (unpaired) electrons. The van der Waals surface area contributed by atoms with E-state index in [1.807, 2.05) is 39.1 Å². The number of amides is 2. The van der Waals surface area contributed by atoms with Crippen LogP contribution < -0.4 is 10.9 Å². The fourth-order valence-electron chi connectivity index (χ4n) is 4.68. The molecule has 1 fully saturated rings. The van der Waals surface area contributed by atoms with Gasteiger partial charge in [0.25, 0.3) is 17.4 Å². The molecule has 0 spiro atoms. The Morgan fingerprint density at radius 2 is 1.81 bits per heavy atom. The lowest BCUT2D eigenvalue weighted by molar-refractivity contribution is -0.130. The van der Waals surface area contributed by atoms with E-state index in [4.69, 9.17) is 0 Å². The van der Waals surface area contributed by atoms with E-state index in [1.165, 1.54) is 11.3 Å². The zero-order valence-electron chi connectivity index (χ0n) is 17.4. The van der Waals surface area contributed by atoms with Gasteiger partial charge in [0.1, 0.15) is 5.70 Å². The molecule has 2 atom stereocenters. The maximum atomic E-state index is 13.6. The maximum absolute atomic E-state index is 13.6. The molecule has 6 nitrogen and oxygen atoms in total. The van der Waals surface area contributed by atoms with Gasteiger partial charge >= 0.3 is 0 Å². The van der Waals surface area contributed by atoms with E-state index in [1.54, 1.807) is 42.5 Å². The number of benzene rings is 1. The Morgan fingerprint density at radius 1 is 0.969 bits per heavy atom. The van der Waals surface area contributed by atoms with Gasteiger partial charge in [-0.05, 0) is 48.1 Å². The average Bonchev–Trinajstić information content (AvgIpc) is 3.32. The van der Waals surface area contributed by atoms with E-state index in [9.17, 15) is 14.4 Å². The van der Waals surface area contributed by atoms with Crippen molar-refractivity contribution in [1.29, 1.82) is 0 Å². The molecule has 32 heavy (non-hydrogen) atoms. The van der Waals surface area contributed by atoms with Crippen LogP contribution in [0.15, 0.2) is 76.5 Å². The van der Waals surface area contributed by atoms with Crippen molar-refractivity contribution >= 4 is 29.2 Å². The molecule has 0 aliphatic carbocycles. The Hall–Kier alpha value is -3.45. The Morgan fingerprint density at radius 3 is 2.59 bits per heavy atom. The molecule has 2 amide bonds. The molecule has 1 N–H and O–H groups in total. The zero-order valence-corrected chi connectivity index (χ0v) is 18.3. The normalized spacial score (nSPS) is 19.9. The van der Waals surface area contributed by atoms with Crippen LogP contribution in [-0.2, 0) is 11.3 Å². The fraction of sp³-hybridized carbons (Fsp3) is 0.240. The van der Waals surface area contributed by atoms with Crippen LogP contribution in [0.2, 0.25) is 0 Å². The number of carbonyl (C=O) groups is 2. The van der Waals surface area contributed by atoms with Crippen molar-refractivity contribution in [3.05, 3.63) is 98.2 Å². The molecule has 1 saturated heterocycles. The van der Waals surface area contributed by atoms with Crippen LogP contribution in [0.1, 0.15) is 33.3 Å². The van der Waals surface area contributed by atoms with Crippen LogP contribution in [0.4, 0.5) is 0 Å². The Labute approximate surface area is 189 Å². The van der Waals surface area contributed by atoms with E-state index in [0.29, 0.717) is 25.2 Å². The Bertz CT molecular complexity index is 1230. The molecule has 1 aromatic carbocycles. The van der Waals surface area contributed by atoms with Gasteiger partial charge in [-0.2, -0.15) is 0 Å². The first-order chi connectivity index (χ1) is 15.6. The molecular formula is C25H23N3O3S. The highest BCUT2D eigenvalue weighted by atomic mass is 32.1. The number of fused-ring (bicyclic) bond motifs is 4. The monoisotopic (exact) mass is 445 g/mol. The van der Waals surface area contributed by atoms with Gasteiger partial charge in [0.15, 0.2) is 0 Å². The molecule has 2 aromatic heterocycles. The second-order valence-corrected chi connectivity index (χ2v) is 9.28. The summed E-state index contributed by atoms with van der Waals surface area (Å²) in [5.74, 6) is -0.161. The second-order valence-electron chi connectivity index (χ2n) is 8.30. The van der Waals surface area contributed by atoms with E-state index >= 15 is 0 Å². The summed E-state index contributed by atoms with van der Waals surface area (Å²) in [6.07, 6.45) is 2.71. The van der Waals surface area contributed by atoms with Crippen LogP contribution in [0.5, 0.6) is 0 Å². The van der Waals surface area contributed by atoms with E-state index in [2.05, 4.69) is 5.32 Å². The number of hydrogen-bond acceptors (Lipinski definition) is 4. The molecule has 0 unspecified atom stereocenters. The van der Waals surface area contributed by atoms with Crippen LogP contribution in [0.25, 0.3) is 6.08 Å². The summed E-state index contributed by atoms with van der Waals surface area (Å²) in [4.78, 5) is 41.4. The van der Waals surface area contributed by atoms with Crippen LogP contribution in [0.3, 0.4) is 0 Å². The van der Waals surface area contributed by atoms with Gasteiger partial charge in [0, 0.05) is 47.8 Å². The summed E-state index contributed by atoms with van der Waals surface area (Å²) in [6.45, 7) is 1.72. The van der Waals surface area contributed by atoms with Gasteiger partial charge in [0.05, 0.1) is 0 Å². The number of hydrogen-bond donors (Lipinski definition) is 1. The maximum Gasteiger partial charge on any atom is 0.270 e. The average molecular weight is 446 g/mol. The summed E-state index contributed by atoms with van der Waals surface area (Å²) >= 11 is 1.51. The highest BCUT2D eigenvalue weighted by Crippen LogP contribution is 2.35. The molecule has 2 aliphatic rings. The minimum Gasteiger partial charge on any atom is -0.336 e. The van der Waals surface area contributed by atoms with Crippen molar-refractivity contribution in [3.8, 4) is 0 Å². The number of carbonyl (C=O) groups excluding carboxylic acids is 2. The lowest BCUT2D eigenvalue weighted by atomic mass is 9.83. The van der Waals surface area contributed by atoms with Crippen molar-refractivity contribution in [2.45, 2.75) is 18.9 Å². The molecular weight excluding hydrogens is 422 g/mol. The van der Waals surface area contributed by atoms with Gasteiger partial charge in [-0.25, -0.2) is 0 Å². The Balaban J connectivity index is 1.42. The third kappa shape index (κ3) is 4.03. The predicted molar refractivity (Wildman–Crippen MR) is 124 cm³/mol. The number of nitrogens with one attached hydrogen (secondary N) is 1. The quantitative estimate of drug-likeness (QED) is 0.627. The lowest BCUT2D eigenvalue weighted by Gasteiger charge is -2.43. The van der Waals surface area contributed by atoms with Crippen LogP contribution in [-0.4, -0.2) is 34.4 Å². The zero-order chi connectivity index (χ0) is 22.1. The Kier molecular flexibility index (Phi) is 5.49. The first kappa shape index (κ1) is 20.5. The van der Waals surface area contributed by atoms with Crippen molar-refractivity contribution in [2.24, 2.45) is 5.92 Å². The van der Waals surface area contributed by atoms with Crippen LogP contribution >= 0.6 is 11.3 Å². The SMILES string of the molecule is O=C(N/C(=C/c1cccs1)C(=O)N1C[C@H]2C[C@@H](C1)c1cccc(=O)n1C2)c1ccccc1.